The number of nitrogens with zero attached hydrogens (tertiary/aromatic N) is 4. The standard InChI is InChI=1S/C23H32N4O4/c28-22-20-6-5-19(13-21(20)24-17-27(22)18-3-1-2-4-18)26-9-7-25(8-10-26)14-23(29)15-30-11-12-31-16-23/h5-6,13,17-18,29H,1-4,7-12,14-16H2. The van der Waals surface area contributed by atoms with E-state index in [9.17, 15) is 9.90 Å². The Morgan fingerprint density at radius 3 is 2.48 bits per heavy atom. The van der Waals surface area contributed by atoms with E-state index in [4.69, 9.17) is 9.47 Å². The van der Waals surface area contributed by atoms with Crippen LogP contribution in [0, 0.1) is 0 Å². The first-order valence-electron chi connectivity index (χ1n) is 11.5. The maximum Gasteiger partial charge on any atom is 0.261 e. The van der Waals surface area contributed by atoms with Gasteiger partial charge in [0.05, 0.1) is 43.7 Å². The summed E-state index contributed by atoms with van der Waals surface area (Å²) in [5, 5.41) is 11.5. The molecule has 3 fully saturated rings. The highest BCUT2D eigenvalue weighted by molar-refractivity contribution is 5.81. The second kappa shape index (κ2) is 8.86. The minimum absolute atomic E-state index is 0.0781. The Kier molecular flexibility index (Phi) is 5.97. The number of benzene rings is 1. The molecule has 0 radical (unpaired) electrons. The van der Waals surface area contributed by atoms with Crippen molar-refractivity contribution in [1.82, 2.24) is 14.5 Å². The molecule has 168 valence electrons. The van der Waals surface area contributed by atoms with Crippen LogP contribution in [0.1, 0.15) is 31.7 Å². The third-order valence-corrected chi connectivity index (χ3v) is 6.85. The third-order valence-electron chi connectivity index (χ3n) is 6.85. The zero-order chi connectivity index (χ0) is 21.3. The average molecular weight is 429 g/mol. The Morgan fingerprint density at radius 2 is 1.77 bits per heavy atom. The van der Waals surface area contributed by atoms with Gasteiger partial charge < -0.3 is 19.5 Å². The molecule has 5 rings (SSSR count). The van der Waals surface area contributed by atoms with Crippen LogP contribution in [0.5, 0.6) is 0 Å². The van der Waals surface area contributed by atoms with Gasteiger partial charge in [0.15, 0.2) is 0 Å². The molecule has 0 spiro atoms. The van der Waals surface area contributed by atoms with Gasteiger partial charge in [-0.25, -0.2) is 4.98 Å². The smallest absolute Gasteiger partial charge is 0.261 e. The predicted octanol–water partition coefficient (Wildman–Crippen LogP) is 1.41. The SMILES string of the molecule is O=c1c2ccc(N3CCN(CC4(O)COCCOC4)CC3)cc2ncn1C1CCCC1. The minimum atomic E-state index is -0.940. The second-order valence-corrected chi connectivity index (χ2v) is 9.19. The second-order valence-electron chi connectivity index (χ2n) is 9.19. The maximum absolute atomic E-state index is 12.9. The number of anilines is 1. The lowest BCUT2D eigenvalue weighted by atomic mass is 10.1. The normalized spacial score (nSPS) is 23.3. The van der Waals surface area contributed by atoms with Gasteiger partial charge in [0.25, 0.3) is 5.56 Å². The van der Waals surface area contributed by atoms with Crippen LogP contribution < -0.4 is 10.5 Å². The van der Waals surface area contributed by atoms with Gasteiger partial charge in [-0.3, -0.25) is 14.3 Å². The van der Waals surface area contributed by atoms with Crippen LogP contribution >= 0.6 is 0 Å². The van der Waals surface area contributed by atoms with Crippen molar-refractivity contribution in [2.75, 3.05) is 64.1 Å². The van der Waals surface area contributed by atoms with Crippen molar-refractivity contribution >= 4 is 16.6 Å². The minimum Gasteiger partial charge on any atom is -0.384 e. The van der Waals surface area contributed by atoms with Gasteiger partial charge in [0.2, 0.25) is 0 Å². The molecule has 0 atom stereocenters. The van der Waals surface area contributed by atoms with Crippen LogP contribution in [-0.4, -0.2) is 84.3 Å². The topological polar surface area (TPSA) is 80.1 Å². The molecule has 1 aromatic heterocycles. The zero-order valence-corrected chi connectivity index (χ0v) is 18.0. The molecule has 3 heterocycles. The van der Waals surface area contributed by atoms with Gasteiger partial charge in [0.1, 0.15) is 5.60 Å². The number of fused-ring (bicyclic) bond motifs is 1. The van der Waals surface area contributed by atoms with Crippen molar-refractivity contribution in [3.8, 4) is 0 Å². The van der Waals surface area contributed by atoms with Crippen LogP contribution in [0.2, 0.25) is 0 Å². The molecule has 0 bridgehead atoms. The summed E-state index contributed by atoms with van der Waals surface area (Å²) >= 11 is 0. The van der Waals surface area contributed by atoms with Crippen molar-refractivity contribution in [2.24, 2.45) is 0 Å². The molecule has 1 saturated carbocycles. The first-order valence-corrected chi connectivity index (χ1v) is 11.5. The lowest BCUT2D eigenvalue weighted by Gasteiger charge is -2.39. The molecular formula is C23H32N4O4. The van der Waals surface area contributed by atoms with E-state index in [-0.39, 0.29) is 5.56 Å². The van der Waals surface area contributed by atoms with E-state index in [0.29, 0.717) is 44.4 Å². The maximum atomic E-state index is 12.9. The fourth-order valence-electron chi connectivity index (χ4n) is 5.12. The van der Waals surface area contributed by atoms with Gasteiger partial charge in [-0.2, -0.15) is 0 Å². The molecule has 2 aromatic rings. The molecule has 8 nitrogen and oxygen atoms in total. The number of hydrogen-bond acceptors (Lipinski definition) is 7. The van der Waals surface area contributed by atoms with Gasteiger partial charge in [0, 0.05) is 44.5 Å². The van der Waals surface area contributed by atoms with E-state index in [1.54, 1.807) is 6.33 Å². The molecule has 3 aliphatic rings. The van der Waals surface area contributed by atoms with Crippen molar-refractivity contribution in [3.63, 3.8) is 0 Å². The van der Waals surface area contributed by atoms with E-state index in [1.165, 1.54) is 12.8 Å². The molecule has 0 unspecified atom stereocenters. The fraction of sp³-hybridized carbons (Fsp3) is 0.652. The van der Waals surface area contributed by atoms with E-state index in [1.807, 2.05) is 22.8 Å². The lowest BCUT2D eigenvalue weighted by molar-refractivity contribution is -0.0746. The molecule has 2 saturated heterocycles. The van der Waals surface area contributed by atoms with E-state index in [2.05, 4.69) is 14.8 Å². The summed E-state index contributed by atoms with van der Waals surface area (Å²) in [6.45, 7) is 5.72. The van der Waals surface area contributed by atoms with Crippen LogP contribution in [-0.2, 0) is 9.47 Å². The zero-order valence-electron chi connectivity index (χ0n) is 18.0. The molecule has 1 N–H and O–H groups in total. The lowest BCUT2D eigenvalue weighted by Crippen LogP contribution is -2.54. The van der Waals surface area contributed by atoms with Crippen molar-refractivity contribution in [2.45, 2.75) is 37.3 Å². The summed E-state index contributed by atoms with van der Waals surface area (Å²) in [6, 6.07) is 6.31. The largest absolute Gasteiger partial charge is 0.384 e. The number of aromatic nitrogens is 2. The van der Waals surface area contributed by atoms with Crippen molar-refractivity contribution in [3.05, 3.63) is 34.9 Å². The Bertz CT molecular complexity index is 956. The highest BCUT2D eigenvalue weighted by Gasteiger charge is 2.33. The van der Waals surface area contributed by atoms with Crippen LogP contribution in [0.25, 0.3) is 10.9 Å². The van der Waals surface area contributed by atoms with Crippen LogP contribution in [0.15, 0.2) is 29.3 Å². The molecule has 8 heteroatoms. The van der Waals surface area contributed by atoms with E-state index < -0.39 is 5.60 Å². The van der Waals surface area contributed by atoms with E-state index in [0.717, 1.165) is 50.2 Å². The molecule has 31 heavy (non-hydrogen) atoms. The summed E-state index contributed by atoms with van der Waals surface area (Å²) in [4.78, 5) is 22.2. The predicted molar refractivity (Wildman–Crippen MR) is 119 cm³/mol. The van der Waals surface area contributed by atoms with Crippen LogP contribution in [0.3, 0.4) is 0 Å². The van der Waals surface area contributed by atoms with Crippen molar-refractivity contribution < 1.29 is 14.6 Å². The molecular weight excluding hydrogens is 396 g/mol. The van der Waals surface area contributed by atoms with Gasteiger partial charge in [-0.05, 0) is 31.0 Å². The Labute approximate surface area is 182 Å². The highest BCUT2D eigenvalue weighted by Crippen LogP contribution is 2.29. The number of piperazine rings is 1. The van der Waals surface area contributed by atoms with Gasteiger partial charge in [-0.15, -0.1) is 0 Å². The number of ether oxygens (including phenoxy) is 2. The number of rotatable bonds is 4. The molecule has 1 aliphatic carbocycles. The summed E-state index contributed by atoms with van der Waals surface area (Å²) in [5.74, 6) is 0. The average Bonchev–Trinajstić information content (AvgIpc) is 3.23. The number of aliphatic hydroxyl groups is 1. The van der Waals surface area contributed by atoms with Gasteiger partial charge >= 0.3 is 0 Å². The molecule has 0 amide bonds. The first-order chi connectivity index (χ1) is 15.1. The van der Waals surface area contributed by atoms with Crippen LogP contribution in [0.4, 0.5) is 5.69 Å². The Morgan fingerprint density at radius 1 is 1.06 bits per heavy atom. The quantitative estimate of drug-likeness (QED) is 0.789. The first kappa shape index (κ1) is 20.9. The number of hydrogen-bond donors (Lipinski definition) is 1. The van der Waals surface area contributed by atoms with Crippen molar-refractivity contribution in [1.29, 1.82) is 0 Å². The number of β-amino-alcohol motifs (C(OH)–C–C–N with tert-alkyl or cyclic N) is 1. The summed E-state index contributed by atoms with van der Waals surface area (Å²) in [5.41, 5.74) is 0.998. The van der Waals surface area contributed by atoms with E-state index >= 15 is 0 Å². The summed E-state index contributed by atoms with van der Waals surface area (Å²) in [7, 11) is 0. The Hall–Kier alpha value is -2.00. The fourth-order valence-corrected chi connectivity index (χ4v) is 5.12. The molecule has 1 aromatic carbocycles. The third kappa shape index (κ3) is 4.48. The molecule has 2 aliphatic heterocycles. The van der Waals surface area contributed by atoms with Gasteiger partial charge in [-0.1, -0.05) is 12.8 Å². The highest BCUT2D eigenvalue weighted by atomic mass is 16.6. The summed E-state index contributed by atoms with van der Waals surface area (Å²) < 4.78 is 12.8. The monoisotopic (exact) mass is 428 g/mol. The summed E-state index contributed by atoms with van der Waals surface area (Å²) in [6.07, 6.45) is 6.26. The Balaban J connectivity index is 1.25.